The molecule has 0 radical (unpaired) electrons. The average Bonchev–Trinajstić information content (AvgIpc) is 2.31. The zero-order valence-corrected chi connectivity index (χ0v) is 10.6. The Morgan fingerprint density at radius 1 is 1.50 bits per heavy atom. The van der Waals surface area contributed by atoms with Crippen LogP contribution in [0.4, 0.5) is 18.9 Å². The lowest BCUT2D eigenvalue weighted by molar-refractivity contribution is -0.0462. The number of nitrogens with one attached hydrogen (secondary N) is 1. The predicted molar refractivity (Wildman–Crippen MR) is 62.9 cm³/mol. The molecule has 1 rings (SSSR count). The van der Waals surface area contributed by atoms with Gasteiger partial charge in [-0.1, -0.05) is 0 Å². The van der Waals surface area contributed by atoms with Crippen molar-refractivity contribution in [2.45, 2.75) is 5.92 Å². The number of hydrogen-bond acceptors (Lipinski definition) is 3. The summed E-state index contributed by atoms with van der Waals surface area (Å²) >= 11 is 2.93. The Morgan fingerprint density at radius 3 is 2.67 bits per heavy atom. The highest BCUT2D eigenvalue weighted by atomic mass is 79.9. The van der Waals surface area contributed by atoms with Crippen molar-refractivity contribution in [3.05, 3.63) is 28.0 Å². The fourth-order valence-corrected chi connectivity index (χ4v) is 1.60. The van der Waals surface area contributed by atoms with E-state index in [1.54, 1.807) is 0 Å². The van der Waals surface area contributed by atoms with Crippen LogP contribution in [0, 0.1) is 5.82 Å². The number of nitrogen functional groups attached to an aromatic ring is 1. The molecule has 0 aliphatic rings. The minimum Gasteiger partial charge on any atom is -0.396 e. The fraction of sp³-hybridized carbons (Fsp3) is 0.300. The highest BCUT2D eigenvalue weighted by Crippen LogP contribution is 2.23. The summed E-state index contributed by atoms with van der Waals surface area (Å²) in [5.74, 6) is -4.98. The molecule has 100 valence electrons. The summed E-state index contributed by atoms with van der Waals surface area (Å²) in [6, 6.07) is 2.00. The van der Waals surface area contributed by atoms with Gasteiger partial charge >= 0.3 is 0 Å². The second-order valence-corrected chi connectivity index (χ2v) is 4.40. The highest BCUT2D eigenvalue weighted by Gasteiger charge is 2.28. The number of aliphatic hydroxyl groups is 1. The van der Waals surface area contributed by atoms with E-state index in [2.05, 4.69) is 15.9 Å². The maximum atomic E-state index is 13.0. The van der Waals surface area contributed by atoms with Gasteiger partial charge in [0.2, 0.25) is 0 Å². The minimum atomic E-state index is -3.41. The van der Waals surface area contributed by atoms with Gasteiger partial charge in [0.25, 0.3) is 11.8 Å². The Hall–Kier alpha value is -1.28. The number of aliphatic hydroxyl groups excluding tert-OH is 1. The lowest BCUT2D eigenvalue weighted by atomic mass is 10.2. The van der Waals surface area contributed by atoms with Crippen LogP contribution < -0.4 is 11.1 Å². The van der Waals surface area contributed by atoms with Gasteiger partial charge in [0.15, 0.2) is 0 Å². The van der Waals surface area contributed by atoms with Gasteiger partial charge in [-0.25, -0.2) is 13.2 Å². The number of amides is 1. The molecule has 1 aromatic rings. The van der Waals surface area contributed by atoms with E-state index < -0.39 is 30.8 Å². The molecule has 0 heterocycles. The largest absolute Gasteiger partial charge is 0.396 e. The first-order valence-electron chi connectivity index (χ1n) is 4.78. The smallest absolute Gasteiger partial charge is 0.287 e. The molecular weight excluding hydrogens is 317 g/mol. The fourth-order valence-electron chi connectivity index (χ4n) is 1.10. The first kappa shape index (κ1) is 14.8. The van der Waals surface area contributed by atoms with Gasteiger partial charge in [-0.05, 0) is 28.1 Å². The van der Waals surface area contributed by atoms with Crippen molar-refractivity contribution in [2.75, 3.05) is 18.9 Å². The van der Waals surface area contributed by atoms with Crippen molar-refractivity contribution < 1.29 is 23.1 Å². The normalized spacial score (nSPS) is 11.4. The van der Waals surface area contributed by atoms with E-state index in [-0.39, 0.29) is 15.7 Å². The molecule has 0 saturated heterocycles. The molecule has 0 aliphatic carbocycles. The Kier molecular flexibility index (Phi) is 4.58. The number of carbonyl (C=O) groups is 1. The standard InChI is InChI=1S/C10H10BrF3N2O2/c11-6-2-7(12)8(15)1-5(6)9(18)16-3-10(13,14)4-17/h1-2,17H,3-4,15H2,(H,16,18). The van der Waals surface area contributed by atoms with Crippen molar-refractivity contribution in [3.8, 4) is 0 Å². The van der Waals surface area contributed by atoms with Crippen molar-refractivity contribution in [1.29, 1.82) is 0 Å². The van der Waals surface area contributed by atoms with E-state index in [0.717, 1.165) is 12.1 Å². The zero-order valence-electron chi connectivity index (χ0n) is 9.01. The highest BCUT2D eigenvalue weighted by molar-refractivity contribution is 9.10. The Morgan fingerprint density at radius 2 is 2.11 bits per heavy atom. The molecule has 8 heteroatoms. The van der Waals surface area contributed by atoms with Gasteiger partial charge in [-0.3, -0.25) is 4.79 Å². The van der Waals surface area contributed by atoms with Crippen molar-refractivity contribution in [1.82, 2.24) is 5.32 Å². The first-order chi connectivity index (χ1) is 8.26. The topological polar surface area (TPSA) is 75.4 Å². The molecule has 1 aromatic carbocycles. The lowest BCUT2D eigenvalue weighted by Gasteiger charge is -2.14. The monoisotopic (exact) mass is 326 g/mol. The Balaban J connectivity index is 2.82. The second-order valence-electron chi connectivity index (χ2n) is 3.55. The van der Waals surface area contributed by atoms with Gasteiger partial charge in [0, 0.05) is 4.47 Å². The molecule has 1 amide bonds. The molecule has 18 heavy (non-hydrogen) atoms. The minimum absolute atomic E-state index is 0.0670. The maximum Gasteiger partial charge on any atom is 0.287 e. The maximum absolute atomic E-state index is 13.0. The van der Waals surface area contributed by atoms with Crippen molar-refractivity contribution in [3.63, 3.8) is 0 Å². The molecule has 0 atom stereocenters. The third-order valence-electron chi connectivity index (χ3n) is 2.07. The predicted octanol–water partition coefficient (Wildman–Crippen LogP) is 1.53. The van der Waals surface area contributed by atoms with Gasteiger partial charge < -0.3 is 16.2 Å². The average molecular weight is 327 g/mol. The van der Waals surface area contributed by atoms with E-state index in [1.165, 1.54) is 0 Å². The SMILES string of the molecule is Nc1cc(C(=O)NCC(F)(F)CO)c(Br)cc1F. The van der Waals surface area contributed by atoms with Crippen LogP contribution in [-0.2, 0) is 0 Å². The third kappa shape index (κ3) is 3.61. The van der Waals surface area contributed by atoms with Crippen LogP contribution in [-0.4, -0.2) is 30.1 Å². The summed E-state index contributed by atoms with van der Waals surface area (Å²) in [5, 5.41) is 10.3. The molecule has 0 bridgehead atoms. The summed E-state index contributed by atoms with van der Waals surface area (Å²) < 4.78 is 38.5. The Bertz CT molecular complexity index is 469. The van der Waals surface area contributed by atoms with Crippen LogP contribution in [0.15, 0.2) is 16.6 Å². The van der Waals surface area contributed by atoms with Gasteiger partial charge in [-0.2, -0.15) is 0 Å². The molecule has 0 aromatic heterocycles. The number of benzene rings is 1. The number of nitrogens with two attached hydrogens (primary N) is 1. The van der Waals surface area contributed by atoms with E-state index in [4.69, 9.17) is 10.8 Å². The van der Waals surface area contributed by atoms with E-state index in [9.17, 15) is 18.0 Å². The van der Waals surface area contributed by atoms with Crippen molar-refractivity contribution >= 4 is 27.5 Å². The summed E-state index contributed by atoms with van der Waals surface area (Å²) in [6.07, 6.45) is 0. The van der Waals surface area contributed by atoms with E-state index >= 15 is 0 Å². The molecule has 0 saturated carbocycles. The molecule has 0 fully saturated rings. The molecular formula is C10H10BrF3N2O2. The Labute approximate surface area is 109 Å². The van der Waals surface area contributed by atoms with Gasteiger partial charge in [0.05, 0.1) is 17.8 Å². The number of alkyl halides is 2. The van der Waals surface area contributed by atoms with Crippen molar-refractivity contribution in [2.24, 2.45) is 0 Å². The van der Waals surface area contributed by atoms with Crippen LogP contribution in [0.25, 0.3) is 0 Å². The van der Waals surface area contributed by atoms with Crippen LogP contribution in [0.2, 0.25) is 0 Å². The number of halogens is 4. The lowest BCUT2D eigenvalue weighted by Crippen LogP contribution is -2.39. The molecule has 0 unspecified atom stereocenters. The van der Waals surface area contributed by atoms with E-state index in [1.807, 2.05) is 5.32 Å². The summed E-state index contributed by atoms with van der Waals surface area (Å²) in [6.45, 7) is -2.40. The van der Waals surface area contributed by atoms with Crippen LogP contribution in [0.5, 0.6) is 0 Å². The second kappa shape index (κ2) is 5.57. The van der Waals surface area contributed by atoms with Gasteiger partial charge in [0.1, 0.15) is 12.4 Å². The van der Waals surface area contributed by atoms with Crippen LogP contribution in [0.3, 0.4) is 0 Å². The first-order valence-corrected chi connectivity index (χ1v) is 5.57. The van der Waals surface area contributed by atoms with E-state index in [0.29, 0.717) is 0 Å². The summed E-state index contributed by atoms with van der Waals surface area (Å²) in [4.78, 5) is 11.6. The molecule has 0 spiro atoms. The van der Waals surface area contributed by atoms with Crippen LogP contribution >= 0.6 is 15.9 Å². The third-order valence-corrected chi connectivity index (χ3v) is 2.73. The quantitative estimate of drug-likeness (QED) is 0.734. The molecule has 0 aliphatic heterocycles. The number of rotatable bonds is 4. The number of hydrogen-bond donors (Lipinski definition) is 3. The molecule has 4 nitrogen and oxygen atoms in total. The van der Waals surface area contributed by atoms with Gasteiger partial charge in [-0.15, -0.1) is 0 Å². The summed E-state index contributed by atoms with van der Waals surface area (Å²) in [5.41, 5.74) is 4.94. The number of carbonyl (C=O) groups excluding carboxylic acids is 1. The number of anilines is 1. The molecule has 4 N–H and O–H groups in total. The van der Waals surface area contributed by atoms with Crippen LogP contribution in [0.1, 0.15) is 10.4 Å². The summed E-state index contributed by atoms with van der Waals surface area (Å²) in [7, 11) is 0. The zero-order chi connectivity index (χ0) is 13.9.